The highest BCUT2D eigenvalue weighted by Gasteiger charge is 2.32. The average molecular weight is 318 g/mol. The van der Waals surface area contributed by atoms with Crippen LogP contribution in [0.15, 0.2) is 0 Å². The van der Waals surface area contributed by atoms with Crippen molar-refractivity contribution in [3.05, 3.63) is 0 Å². The van der Waals surface area contributed by atoms with Crippen LogP contribution in [0.3, 0.4) is 0 Å². The fourth-order valence-electron chi connectivity index (χ4n) is 3.57. The van der Waals surface area contributed by atoms with Crippen LogP contribution in [0.1, 0.15) is 32.1 Å². The smallest absolute Gasteiger partial charge is 0.306 e. The summed E-state index contributed by atoms with van der Waals surface area (Å²) in [7, 11) is -3.09. The minimum Gasteiger partial charge on any atom is -0.481 e. The molecule has 0 amide bonds. The molecule has 0 radical (unpaired) electrons. The van der Waals surface area contributed by atoms with Crippen LogP contribution in [-0.4, -0.2) is 56.2 Å². The van der Waals surface area contributed by atoms with E-state index in [0.717, 1.165) is 45.2 Å². The Morgan fingerprint density at radius 2 is 2.00 bits per heavy atom. The van der Waals surface area contributed by atoms with E-state index in [9.17, 15) is 13.2 Å². The molecule has 1 saturated heterocycles. The average Bonchev–Trinajstić information content (AvgIpc) is 2.87. The molecule has 2 aliphatic rings. The van der Waals surface area contributed by atoms with E-state index in [1.54, 1.807) is 4.31 Å². The van der Waals surface area contributed by atoms with Crippen LogP contribution < -0.4 is 5.32 Å². The summed E-state index contributed by atoms with van der Waals surface area (Å²) in [5.74, 6) is -0.341. The molecule has 0 aromatic heterocycles. The Bertz CT molecular complexity index is 466. The Morgan fingerprint density at radius 3 is 2.67 bits per heavy atom. The summed E-state index contributed by atoms with van der Waals surface area (Å²) >= 11 is 0. The summed E-state index contributed by atoms with van der Waals surface area (Å²) in [5.41, 5.74) is 0. The van der Waals surface area contributed by atoms with Gasteiger partial charge in [-0.25, -0.2) is 12.7 Å². The molecule has 1 aliphatic carbocycles. The fourth-order valence-corrected chi connectivity index (χ4v) is 4.52. The molecule has 3 unspecified atom stereocenters. The lowest BCUT2D eigenvalue weighted by molar-refractivity contribution is -0.142. The molecule has 0 aromatic carbocycles. The molecule has 1 heterocycles. The standard InChI is InChI=1S/C14H26N2O4S/c1-21(19,20)16-7-3-4-11(10-16)8-15-9-12-5-2-6-13(12)14(17)18/h11-13,15H,2-10H2,1H3,(H,17,18). The number of nitrogens with zero attached hydrogens (tertiary/aromatic N) is 1. The van der Waals surface area contributed by atoms with Crippen LogP contribution in [0.25, 0.3) is 0 Å². The van der Waals surface area contributed by atoms with Gasteiger partial charge in [-0.3, -0.25) is 4.79 Å². The summed E-state index contributed by atoms with van der Waals surface area (Å²) in [4.78, 5) is 11.1. The van der Waals surface area contributed by atoms with Gasteiger partial charge in [0.25, 0.3) is 0 Å². The lowest BCUT2D eigenvalue weighted by Crippen LogP contribution is -2.43. The Hall–Kier alpha value is -0.660. The molecule has 21 heavy (non-hydrogen) atoms. The van der Waals surface area contributed by atoms with Gasteiger partial charge in [0.1, 0.15) is 0 Å². The van der Waals surface area contributed by atoms with E-state index >= 15 is 0 Å². The first-order valence-corrected chi connectivity index (χ1v) is 9.61. The van der Waals surface area contributed by atoms with Gasteiger partial charge in [0.15, 0.2) is 0 Å². The van der Waals surface area contributed by atoms with Crippen LogP contribution in [-0.2, 0) is 14.8 Å². The SMILES string of the molecule is CS(=O)(=O)N1CCCC(CNCC2CCCC2C(=O)O)C1. The molecule has 0 aromatic rings. The second-order valence-electron chi connectivity index (χ2n) is 6.42. The van der Waals surface area contributed by atoms with Gasteiger partial charge in [-0.05, 0) is 50.6 Å². The van der Waals surface area contributed by atoms with Crippen molar-refractivity contribution in [2.45, 2.75) is 32.1 Å². The van der Waals surface area contributed by atoms with Crippen molar-refractivity contribution < 1.29 is 18.3 Å². The van der Waals surface area contributed by atoms with Crippen LogP contribution in [0.2, 0.25) is 0 Å². The number of nitrogens with one attached hydrogen (secondary N) is 1. The van der Waals surface area contributed by atoms with E-state index in [-0.39, 0.29) is 11.8 Å². The van der Waals surface area contributed by atoms with E-state index in [1.807, 2.05) is 0 Å². The van der Waals surface area contributed by atoms with Gasteiger partial charge < -0.3 is 10.4 Å². The molecule has 6 nitrogen and oxygen atoms in total. The molecule has 2 N–H and O–H groups in total. The summed E-state index contributed by atoms with van der Waals surface area (Å²) < 4.78 is 24.7. The van der Waals surface area contributed by atoms with E-state index < -0.39 is 16.0 Å². The summed E-state index contributed by atoms with van der Waals surface area (Å²) in [5, 5.41) is 12.5. The maximum absolute atomic E-state index is 11.6. The lowest BCUT2D eigenvalue weighted by atomic mass is 9.95. The first-order valence-electron chi connectivity index (χ1n) is 7.76. The zero-order chi connectivity index (χ0) is 15.5. The first-order chi connectivity index (χ1) is 9.88. The van der Waals surface area contributed by atoms with Gasteiger partial charge in [0, 0.05) is 13.1 Å². The van der Waals surface area contributed by atoms with E-state index in [1.165, 1.54) is 6.26 Å². The molecule has 0 spiro atoms. The van der Waals surface area contributed by atoms with Crippen molar-refractivity contribution in [2.24, 2.45) is 17.8 Å². The fraction of sp³-hybridized carbons (Fsp3) is 0.929. The highest BCUT2D eigenvalue weighted by atomic mass is 32.2. The molecule has 2 fully saturated rings. The van der Waals surface area contributed by atoms with E-state index in [4.69, 9.17) is 5.11 Å². The highest BCUT2D eigenvalue weighted by Crippen LogP contribution is 2.31. The monoisotopic (exact) mass is 318 g/mol. The van der Waals surface area contributed by atoms with E-state index in [2.05, 4.69) is 5.32 Å². The number of sulfonamides is 1. The highest BCUT2D eigenvalue weighted by molar-refractivity contribution is 7.88. The van der Waals surface area contributed by atoms with Crippen LogP contribution >= 0.6 is 0 Å². The summed E-state index contributed by atoms with van der Waals surface area (Å²) in [6, 6.07) is 0. The van der Waals surface area contributed by atoms with Gasteiger partial charge in [0.2, 0.25) is 10.0 Å². The van der Waals surface area contributed by atoms with Crippen molar-refractivity contribution in [3.63, 3.8) is 0 Å². The molecule has 0 bridgehead atoms. The van der Waals surface area contributed by atoms with Crippen molar-refractivity contribution in [1.29, 1.82) is 0 Å². The molecule has 3 atom stereocenters. The largest absolute Gasteiger partial charge is 0.481 e. The predicted molar refractivity (Wildman–Crippen MR) is 80.5 cm³/mol. The Balaban J connectivity index is 1.74. The molecule has 1 aliphatic heterocycles. The minimum atomic E-state index is -3.09. The number of piperidine rings is 1. The summed E-state index contributed by atoms with van der Waals surface area (Å²) in [6.45, 7) is 2.71. The molecular formula is C14H26N2O4S. The van der Waals surface area contributed by atoms with Gasteiger partial charge in [-0.15, -0.1) is 0 Å². The van der Waals surface area contributed by atoms with Crippen molar-refractivity contribution in [2.75, 3.05) is 32.4 Å². The predicted octanol–water partition coefficient (Wildman–Crippen LogP) is 0.749. The van der Waals surface area contributed by atoms with Crippen LogP contribution in [0.5, 0.6) is 0 Å². The Morgan fingerprint density at radius 1 is 1.24 bits per heavy atom. The number of rotatable bonds is 6. The van der Waals surface area contributed by atoms with Gasteiger partial charge in [-0.2, -0.15) is 0 Å². The number of aliphatic carboxylic acids is 1. The third kappa shape index (κ3) is 4.66. The van der Waals surface area contributed by atoms with Gasteiger partial charge in [-0.1, -0.05) is 6.42 Å². The van der Waals surface area contributed by atoms with Crippen LogP contribution in [0.4, 0.5) is 0 Å². The second kappa shape index (κ2) is 7.07. The second-order valence-corrected chi connectivity index (χ2v) is 8.41. The van der Waals surface area contributed by atoms with E-state index in [0.29, 0.717) is 19.0 Å². The maximum atomic E-state index is 11.6. The molecule has 7 heteroatoms. The third-order valence-corrected chi connectivity index (χ3v) is 6.04. The molecule has 1 saturated carbocycles. The Labute approximate surface area is 126 Å². The van der Waals surface area contributed by atoms with Crippen molar-refractivity contribution >= 4 is 16.0 Å². The van der Waals surface area contributed by atoms with Gasteiger partial charge >= 0.3 is 5.97 Å². The van der Waals surface area contributed by atoms with Crippen molar-refractivity contribution in [1.82, 2.24) is 9.62 Å². The number of hydrogen-bond acceptors (Lipinski definition) is 4. The quantitative estimate of drug-likeness (QED) is 0.754. The zero-order valence-electron chi connectivity index (χ0n) is 12.6. The minimum absolute atomic E-state index is 0.212. The summed E-state index contributed by atoms with van der Waals surface area (Å²) in [6.07, 6.45) is 5.96. The molecule has 2 rings (SSSR count). The molecular weight excluding hydrogens is 292 g/mol. The number of carboxylic acid groups (broad SMARTS) is 1. The lowest BCUT2D eigenvalue weighted by Gasteiger charge is -2.31. The van der Waals surface area contributed by atoms with Crippen molar-refractivity contribution in [3.8, 4) is 0 Å². The number of hydrogen-bond donors (Lipinski definition) is 2. The number of carbonyl (C=O) groups is 1. The normalized spacial score (nSPS) is 31.4. The molecule has 122 valence electrons. The third-order valence-electron chi connectivity index (χ3n) is 4.77. The Kier molecular flexibility index (Phi) is 5.62. The zero-order valence-corrected chi connectivity index (χ0v) is 13.4. The topological polar surface area (TPSA) is 86.7 Å². The maximum Gasteiger partial charge on any atom is 0.306 e. The number of carboxylic acids is 1. The van der Waals surface area contributed by atoms with Crippen LogP contribution in [0, 0.1) is 17.8 Å². The first kappa shape index (κ1) is 16.7. The van der Waals surface area contributed by atoms with Gasteiger partial charge in [0.05, 0.1) is 12.2 Å².